The van der Waals surface area contributed by atoms with Gasteiger partial charge in [0.1, 0.15) is 17.1 Å². The van der Waals surface area contributed by atoms with Crippen molar-refractivity contribution in [1.29, 1.82) is 0 Å². The zero-order valence-corrected chi connectivity index (χ0v) is 18.5. The molecule has 0 aliphatic heterocycles. The van der Waals surface area contributed by atoms with Gasteiger partial charge in [0.25, 0.3) is 5.56 Å². The average molecular weight is 431 g/mol. The second-order valence-corrected chi connectivity index (χ2v) is 8.14. The minimum Gasteiger partial charge on any atom is -0.493 e. The number of rotatable bonds is 9. The number of Topliss-reactive ketones (excluding diaryl/α,β-unsaturated/α-hetero) is 1. The molecule has 0 unspecified atom stereocenters. The van der Waals surface area contributed by atoms with Crippen LogP contribution in [0.5, 0.6) is 5.75 Å². The van der Waals surface area contributed by atoms with Crippen molar-refractivity contribution in [3.8, 4) is 5.75 Å². The number of carbonyl (C=O) groups excluding carboxylic acids is 2. The molecular formula is C22H29N3O6. The number of hydrogen-bond donors (Lipinski definition) is 1. The summed E-state index contributed by atoms with van der Waals surface area (Å²) in [6, 6.07) is 6.41. The largest absolute Gasteiger partial charge is 0.493 e. The van der Waals surface area contributed by atoms with Crippen molar-refractivity contribution in [2.24, 2.45) is 18.9 Å². The van der Waals surface area contributed by atoms with Crippen LogP contribution in [-0.4, -0.2) is 34.1 Å². The molecule has 0 aliphatic carbocycles. The van der Waals surface area contributed by atoms with Gasteiger partial charge >= 0.3 is 11.7 Å². The number of nitrogens with zero attached hydrogens (tertiary/aromatic N) is 2. The molecule has 1 aromatic heterocycles. The number of ketones is 1. The van der Waals surface area contributed by atoms with Gasteiger partial charge in [-0.3, -0.25) is 18.7 Å². The summed E-state index contributed by atoms with van der Waals surface area (Å²) in [4.78, 5) is 49.8. The Bertz CT molecular complexity index is 1080. The summed E-state index contributed by atoms with van der Waals surface area (Å²) in [7, 11) is 1.27. The van der Waals surface area contributed by atoms with Gasteiger partial charge in [0.2, 0.25) is 5.78 Å². The number of nitrogen functional groups attached to an aromatic ring is 1. The molecule has 0 amide bonds. The van der Waals surface area contributed by atoms with Crippen molar-refractivity contribution in [2.75, 3.05) is 18.9 Å². The predicted molar refractivity (Wildman–Crippen MR) is 117 cm³/mol. The lowest BCUT2D eigenvalue weighted by atomic mass is 10.1. The minimum absolute atomic E-state index is 0.0588. The fourth-order valence-electron chi connectivity index (χ4n) is 2.85. The molecule has 1 heterocycles. The molecule has 0 fully saturated rings. The van der Waals surface area contributed by atoms with E-state index in [4.69, 9.17) is 15.2 Å². The Balaban J connectivity index is 2.20. The molecule has 168 valence electrons. The van der Waals surface area contributed by atoms with E-state index in [0.29, 0.717) is 18.3 Å². The summed E-state index contributed by atoms with van der Waals surface area (Å²) in [5.41, 5.74) is 4.37. The normalized spacial score (nSPS) is 11.1. The summed E-state index contributed by atoms with van der Waals surface area (Å²) in [5, 5.41) is 0. The molecule has 0 saturated carbocycles. The van der Waals surface area contributed by atoms with E-state index >= 15 is 0 Å². The van der Waals surface area contributed by atoms with E-state index in [1.54, 1.807) is 12.1 Å². The average Bonchev–Trinajstić information content (AvgIpc) is 2.72. The van der Waals surface area contributed by atoms with Crippen molar-refractivity contribution >= 4 is 17.6 Å². The van der Waals surface area contributed by atoms with Crippen molar-refractivity contribution in [1.82, 2.24) is 9.13 Å². The highest BCUT2D eigenvalue weighted by atomic mass is 16.5. The van der Waals surface area contributed by atoms with E-state index in [2.05, 4.69) is 0 Å². The van der Waals surface area contributed by atoms with Crippen LogP contribution in [0.3, 0.4) is 0 Å². The number of aromatic nitrogens is 2. The molecule has 9 heteroatoms. The standard InChI is InChI=1S/C22H29N3O6/c1-13(2)10-25-19(23)18(20(27)24(5)22(25)29)17(26)12-31-21(28)15-7-6-8-16(9-15)30-11-14(3)4/h6-9,13-14H,10-12,23H2,1-5H3. The second kappa shape index (κ2) is 10.1. The third kappa shape index (κ3) is 5.84. The zero-order valence-electron chi connectivity index (χ0n) is 18.5. The lowest BCUT2D eigenvalue weighted by molar-refractivity contribution is 0.0473. The topological polar surface area (TPSA) is 123 Å². The van der Waals surface area contributed by atoms with E-state index < -0.39 is 29.6 Å². The van der Waals surface area contributed by atoms with E-state index in [1.165, 1.54) is 23.7 Å². The first kappa shape index (κ1) is 23.9. The van der Waals surface area contributed by atoms with Gasteiger partial charge in [-0.15, -0.1) is 0 Å². The molecular weight excluding hydrogens is 402 g/mol. The van der Waals surface area contributed by atoms with Gasteiger partial charge in [-0.2, -0.15) is 0 Å². The molecule has 0 bridgehead atoms. The predicted octanol–water partition coefficient (Wildman–Crippen LogP) is 1.86. The maximum atomic E-state index is 12.7. The Labute approximate surface area is 180 Å². The molecule has 2 N–H and O–H groups in total. The number of carbonyl (C=O) groups is 2. The van der Waals surface area contributed by atoms with Crippen molar-refractivity contribution < 1.29 is 19.1 Å². The van der Waals surface area contributed by atoms with Crippen LogP contribution in [0.25, 0.3) is 0 Å². The molecule has 0 spiro atoms. The van der Waals surface area contributed by atoms with Gasteiger partial charge in [0.15, 0.2) is 6.61 Å². The van der Waals surface area contributed by atoms with Crippen LogP contribution in [0.2, 0.25) is 0 Å². The third-order valence-corrected chi connectivity index (χ3v) is 4.40. The van der Waals surface area contributed by atoms with Crippen LogP contribution in [0.1, 0.15) is 48.4 Å². The van der Waals surface area contributed by atoms with Gasteiger partial charge < -0.3 is 15.2 Å². The van der Waals surface area contributed by atoms with Gasteiger partial charge in [-0.25, -0.2) is 9.59 Å². The molecule has 0 saturated heterocycles. The summed E-state index contributed by atoms with van der Waals surface area (Å²) in [6.45, 7) is 7.80. The van der Waals surface area contributed by atoms with E-state index in [1.807, 2.05) is 27.7 Å². The van der Waals surface area contributed by atoms with E-state index in [-0.39, 0.29) is 29.4 Å². The van der Waals surface area contributed by atoms with Crippen molar-refractivity contribution in [2.45, 2.75) is 34.2 Å². The quantitative estimate of drug-likeness (QED) is 0.475. The number of hydrogen-bond acceptors (Lipinski definition) is 7. The molecule has 0 aliphatic rings. The van der Waals surface area contributed by atoms with Gasteiger partial charge in [0.05, 0.1) is 12.2 Å². The lowest BCUT2D eigenvalue weighted by Gasteiger charge is -2.16. The smallest absolute Gasteiger partial charge is 0.338 e. The molecule has 0 atom stereocenters. The Morgan fingerprint density at radius 2 is 1.77 bits per heavy atom. The zero-order chi connectivity index (χ0) is 23.3. The molecule has 2 rings (SSSR count). The minimum atomic E-state index is -0.826. The number of ether oxygens (including phenoxy) is 2. The van der Waals surface area contributed by atoms with Gasteiger partial charge in [-0.05, 0) is 30.0 Å². The fraction of sp³-hybridized carbons (Fsp3) is 0.455. The first-order valence-corrected chi connectivity index (χ1v) is 10.0. The molecule has 2 aromatic rings. The number of nitrogens with two attached hydrogens (primary N) is 1. The Kier molecular flexibility index (Phi) is 7.79. The van der Waals surface area contributed by atoms with Crippen LogP contribution < -0.4 is 21.7 Å². The van der Waals surface area contributed by atoms with Crippen LogP contribution >= 0.6 is 0 Å². The number of benzene rings is 1. The van der Waals surface area contributed by atoms with Crippen LogP contribution in [0.4, 0.5) is 5.82 Å². The van der Waals surface area contributed by atoms with Crippen molar-refractivity contribution in [3.05, 3.63) is 56.2 Å². The van der Waals surface area contributed by atoms with Gasteiger partial charge in [0, 0.05) is 13.6 Å². The third-order valence-electron chi connectivity index (χ3n) is 4.40. The highest BCUT2D eigenvalue weighted by Gasteiger charge is 2.23. The van der Waals surface area contributed by atoms with Crippen LogP contribution in [-0.2, 0) is 18.3 Å². The summed E-state index contributed by atoms with van der Waals surface area (Å²) in [6.07, 6.45) is 0. The molecule has 31 heavy (non-hydrogen) atoms. The fourth-order valence-corrected chi connectivity index (χ4v) is 2.85. The molecule has 1 aromatic carbocycles. The monoisotopic (exact) mass is 431 g/mol. The SMILES string of the molecule is CC(C)COc1cccc(C(=O)OCC(=O)c2c(N)n(CC(C)C)c(=O)n(C)c2=O)c1. The van der Waals surface area contributed by atoms with Crippen molar-refractivity contribution in [3.63, 3.8) is 0 Å². The first-order chi connectivity index (χ1) is 14.5. The lowest BCUT2D eigenvalue weighted by Crippen LogP contribution is -2.43. The number of anilines is 1. The maximum absolute atomic E-state index is 12.7. The first-order valence-electron chi connectivity index (χ1n) is 10.0. The number of esters is 1. The Hall–Kier alpha value is -3.36. The van der Waals surface area contributed by atoms with Gasteiger partial charge in [-0.1, -0.05) is 33.8 Å². The summed E-state index contributed by atoms with van der Waals surface area (Å²) >= 11 is 0. The van der Waals surface area contributed by atoms with Crippen LogP contribution in [0, 0.1) is 11.8 Å². The van der Waals surface area contributed by atoms with E-state index in [9.17, 15) is 19.2 Å². The Morgan fingerprint density at radius 1 is 1.10 bits per heavy atom. The second-order valence-electron chi connectivity index (χ2n) is 8.14. The summed E-state index contributed by atoms with van der Waals surface area (Å²) < 4.78 is 12.7. The van der Waals surface area contributed by atoms with Crippen LogP contribution in [0.15, 0.2) is 33.9 Å². The Morgan fingerprint density at radius 3 is 2.39 bits per heavy atom. The van der Waals surface area contributed by atoms with E-state index in [0.717, 1.165) is 4.57 Å². The maximum Gasteiger partial charge on any atom is 0.338 e. The summed E-state index contributed by atoms with van der Waals surface area (Å²) in [5.74, 6) is -0.866. The molecule has 0 radical (unpaired) electrons. The highest BCUT2D eigenvalue weighted by Crippen LogP contribution is 2.16. The highest BCUT2D eigenvalue weighted by molar-refractivity contribution is 6.02. The molecule has 9 nitrogen and oxygen atoms in total.